The molecule has 0 aliphatic heterocycles. The Bertz CT molecular complexity index is 374. The van der Waals surface area contributed by atoms with Crippen molar-refractivity contribution in [2.75, 3.05) is 18.2 Å². The maximum Gasteiger partial charge on any atom is 0.121 e. The Morgan fingerprint density at radius 2 is 2.00 bits per heavy atom. The number of aliphatic hydroxyl groups excluding tert-OH is 1. The molecule has 0 saturated heterocycles. The monoisotopic (exact) mass is 236 g/mol. The molecule has 0 spiro atoms. The highest BCUT2D eigenvalue weighted by molar-refractivity contribution is 5.68. The van der Waals surface area contributed by atoms with E-state index >= 15 is 0 Å². The van der Waals surface area contributed by atoms with Crippen molar-refractivity contribution >= 4 is 11.4 Å². The third-order valence-corrected chi connectivity index (χ3v) is 3.32. The molecule has 4 heteroatoms. The summed E-state index contributed by atoms with van der Waals surface area (Å²) >= 11 is 0. The third-order valence-electron chi connectivity index (χ3n) is 3.32. The SMILES string of the molecule is COc1ccc(NC2CCC(O)CC2)c(N)c1. The van der Waals surface area contributed by atoms with Gasteiger partial charge in [0.25, 0.3) is 0 Å². The van der Waals surface area contributed by atoms with Crippen LogP contribution in [0.5, 0.6) is 5.75 Å². The molecule has 1 fully saturated rings. The lowest BCUT2D eigenvalue weighted by atomic mass is 9.93. The Morgan fingerprint density at radius 1 is 1.29 bits per heavy atom. The van der Waals surface area contributed by atoms with Gasteiger partial charge in [-0.25, -0.2) is 0 Å². The molecule has 0 heterocycles. The summed E-state index contributed by atoms with van der Waals surface area (Å²) in [6, 6.07) is 6.07. The fourth-order valence-electron chi connectivity index (χ4n) is 2.24. The zero-order valence-corrected chi connectivity index (χ0v) is 10.1. The van der Waals surface area contributed by atoms with Crippen LogP contribution in [0, 0.1) is 0 Å². The van der Waals surface area contributed by atoms with Crippen molar-refractivity contribution in [3.8, 4) is 5.75 Å². The molecule has 17 heavy (non-hydrogen) atoms. The first-order valence-corrected chi connectivity index (χ1v) is 6.07. The lowest BCUT2D eigenvalue weighted by Crippen LogP contribution is -2.28. The molecule has 1 aromatic rings. The van der Waals surface area contributed by atoms with Crippen LogP contribution in [0.1, 0.15) is 25.7 Å². The van der Waals surface area contributed by atoms with Gasteiger partial charge < -0.3 is 20.9 Å². The van der Waals surface area contributed by atoms with Crippen LogP contribution in [0.25, 0.3) is 0 Å². The maximum absolute atomic E-state index is 9.45. The van der Waals surface area contributed by atoms with Crippen LogP contribution < -0.4 is 15.8 Å². The first-order chi connectivity index (χ1) is 8.19. The highest BCUT2D eigenvalue weighted by Crippen LogP contribution is 2.28. The summed E-state index contributed by atoms with van der Waals surface area (Å²) in [7, 11) is 1.63. The van der Waals surface area contributed by atoms with Crippen LogP contribution in [0.2, 0.25) is 0 Å². The van der Waals surface area contributed by atoms with Crippen molar-refractivity contribution in [1.82, 2.24) is 0 Å². The van der Waals surface area contributed by atoms with Gasteiger partial charge in [0, 0.05) is 12.1 Å². The quantitative estimate of drug-likeness (QED) is 0.702. The van der Waals surface area contributed by atoms with Crippen LogP contribution in [0.3, 0.4) is 0 Å². The summed E-state index contributed by atoms with van der Waals surface area (Å²) in [6.45, 7) is 0. The average Bonchev–Trinajstić information content (AvgIpc) is 2.34. The molecule has 2 rings (SSSR count). The first-order valence-electron chi connectivity index (χ1n) is 6.07. The molecule has 0 amide bonds. The van der Waals surface area contributed by atoms with E-state index in [0.717, 1.165) is 37.1 Å². The number of nitrogen functional groups attached to an aromatic ring is 1. The fraction of sp³-hybridized carbons (Fsp3) is 0.538. The van der Waals surface area contributed by atoms with Gasteiger partial charge >= 0.3 is 0 Å². The van der Waals surface area contributed by atoms with Crippen molar-refractivity contribution in [2.45, 2.75) is 37.8 Å². The summed E-state index contributed by atoms with van der Waals surface area (Å²) in [5, 5.41) is 12.9. The largest absolute Gasteiger partial charge is 0.497 e. The van der Waals surface area contributed by atoms with Crippen LogP contribution >= 0.6 is 0 Å². The van der Waals surface area contributed by atoms with Crippen LogP contribution in [0.4, 0.5) is 11.4 Å². The van der Waals surface area contributed by atoms with Crippen LogP contribution in [-0.4, -0.2) is 24.4 Å². The number of aliphatic hydroxyl groups is 1. The number of benzene rings is 1. The van der Waals surface area contributed by atoms with E-state index in [4.69, 9.17) is 10.5 Å². The topological polar surface area (TPSA) is 67.5 Å². The van der Waals surface area contributed by atoms with E-state index in [1.54, 1.807) is 7.11 Å². The van der Waals surface area contributed by atoms with Gasteiger partial charge in [-0.1, -0.05) is 0 Å². The lowest BCUT2D eigenvalue weighted by molar-refractivity contribution is 0.126. The predicted molar refractivity (Wildman–Crippen MR) is 69.3 cm³/mol. The summed E-state index contributed by atoms with van der Waals surface area (Å²) in [6.07, 6.45) is 3.60. The van der Waals surface area contributed by atoms with Gasteiger partial charge in [0.1, 0.15) is 5.75 Å². The molecular weight excluding hydrogens is 216 g/mol. The Balaban J connectivity index is 1.99. The second-order valence-corrected chi connectivity index (χ2v) is 4.60. The maximum atomic E-state index is 9.45. The summed E-state index contributed by atoms with van der Waals surface area (Å²) in [5.41, 5.74) is 7.60. The molecule has 0 bridgehead atoms. The van der Waals surface area contributed by atoms with Gasteiger partial charge in [-0.2, -0.15) is 0 Å². The normalized spacial score (nSPS) is 24.4. The van der Waals surface area contributed by atoms with Gasteiger partial charge in [0.05, 0.1) is 24.6 Å². The molecule has 1 aliphatic rings. The van der Waals surface area contributed by atoms with E-state index in [2.05, 4.69) is 5.32 Å². The van der Waals surface area contributed by atoms with E-state index in [-0.39, 0.29) is 6.10 Å². The number of hydrogen-bond acceptors (Lipinski definition) is 4. The van der Waals surface area contributed by atoms with Crippen molar-refractivity contribution in [2.24, 2.45) is 0 Å². The number of ether oxygens (including phenoxy) is 1. The van der Waals surface area contributed by atoms with E-state index < -0.39 is 0 Å². The number of hydrogen-bond donors (Lipinski definition) is 3. The molecule has 1 aliphatic carbocycles. The Morgan fingerprint density at radius 3 is 2.59 bits per heavy atom. The van der Waals surface area contributed by atoms with E-state index in [0.29, 0.717) is 11.7 Å². The predicted octanol–water partition coefficient (Wildman–Crippen LogP) is 1.99. The Labute approximate surface area is 102 Å². The molecule has 4 N–H and O–H groups in total. The molecule has 94 valence electrons. The first kappa shape index (κ1) is 12.0. The molecule has 0 aromatic heterocycles. The van der Waals surface area contributed by atoms with Gasteiger partial charge in [0.15, 0.2) is 0 Å². The standard InChI is InChI=1S/C13H20N2O2/c1-17-11-6-7-13(12(14)8-11)15-9-2-4-10(16)5-3-9/h6-10,15-16H,2-5,14H2,1H3. The molecule has 1 saturated carbocycles. The van der Waals surface area contributed by atoms with Crippen molar-refractivity contribution in [1.29, 1.82) is 0 Å². The summed E-state index contributed by atoms with van der Waals surface area (Å²) in [5.74, 6) is 0.770. The summed E-state index contributed by atoms with van der Waals surface area (Å²) in [4.78, 5) is 0. The minimum atomic E-state index is -0.124. The smallest absolute Gasteiger partial charge is 0.121 e. The van der Waals surface area contributed by atoms with E-state index in [1.165, 1.54) is 0 Å². The van der Waals surface area contributed by atoms with Gasteiger partial charge in [-0.3, -0.25) is 0 Å². The zero-order valence-electron chi connectivity index (χ0n) is 10.1. The molecular formula is C13H20N2O2. The highest BCUT2D eigenvalue weighted by Gasteiger charge is 2.19. The second-order valence-electron chi connectivity index (χ2n) is 4.60. The number of nitrogens with two attached hydrogens (primary N) is 1. The van der Waals surface area contributed by atoms with Gasteiger partial charge in [-0.05, 0) is 37.8 Å². The average molecular weight is 236 g/mol. The van der Waals surface area contributed by atoms with Crippen molar-refractivity contribution in [3.63, 3.8) is 0 Å². The van der Waals surface area contributed by atoms with Crippen LogP contribution in [0.15, 0.2) is 18.2 Å². The molecule has 0 atom stereocenters. The Kier molecular flexibility index (Phi) is 3.74. The van der Waals surface area contributed by atoms with Gasteiger partial charge in [-0.15, -0.1) is 0 Å². The molecule has 0 radical (unpaired) electrons. The van der Waals surface area contributed by atoms with Crippen molar-refractivity contribution in [3.05, 3.63) is 18.2 Å². The zero-order chi connectivity index (χ0) is 12.3. The molecule has 1 aromatic carbocycles. The molecule has 0 unspecified atom stereocenters. The van der Waals surface area contributed by atoms with Gasteiger partial charge in [0.2, 0.25) is 0 Å². The highest BCUT2D eigenvalue weighted by atomic mass is 16.5. The second kappa shape index (κ2) is 5.27. The van der Waals surface area contributed by atoms with E-state index in [1.807, 2.05) is 18.2 Å². The Hall–Kier alpha value is -1.42. The third kappa shape index (κ3) is 3.03. The lowest BCUT2D eigenvalue weighted by Gasteiger charge is -2.27. The number of anilines is 2. The minimum absolute atomic E-state index is 0.124. The number of nitrogens with one attached hydrogen (secondary N) is 1. The number of rotatable bonds is 3. The number of methoxy groups -OCH3 is 1. The van der Waals surface area contributed by atoms with E-state index in [9.17, 15) is 5.11 Å². The van der Waals surface area contributed by atoms with Crippen LogP contribution in [-0.2, 0) is 0 Å². The summed E-state index contributed by atoms with van der Waals surface area (Å²) < 4.78 is 5.11. The van der Waals surface area contributed by atoms with Crippen molar-refractivity contribution < 1.29 is 9.84 Å². The molecule has 4 nitrogen and oxygen atoms in total. The minimum Gasteiger partial charge on any atom is -0.497 e. The fourth-order valence-corrected chi connectivity index (χ4v) is 2.24.